The van der Waals surface area contributed by atoms with Gasteiger partial charge in [-0.1, -0.05) is 135 Å². The Kier molecular flexibility index (Phi) is 6.20. The summed E-state index contributed by atoms with van der Waals surface area (Å²) in [6.07, 6.45) is 0. The molecule has 8 aromatic rings. The first kappa shape index (κ1) is 27.5. The first-order valence-electron chi connectivity index (χ1n) is 16.3. The van der Waals surface area contributed by atoms with Crippen LogP contribution in [0.3, 0.4) is 0 Å². The molecule has 0 unspecified atom stereocenters. The molecule has 1 aliphatic rings. The zero-order valence-corrected chi connectivity index (χ0v) is 26.4. The fourth-order valence-corrected chi connectivity index (χ4v) is 7.47. The molecule has 0 N–H and O–H groups in total. The summed E-state index contributed by atoms with van der Waals surface area (Å²) in [6.45, 7) is 4.66. The van der Waals surface area contributed by atoms with Crippen LogP contribution in [0.2, 0.25) is 0 Å². The molecule has 1 aromatic heterocycles. The van der Waals surface area contributed by atoms with Crippen LogP contribution in [0, 0.1) is 0 Å². The van der Waals surface area contributed by atoms with Crippen LogP contribution < -0.4 is 4.90 Å². The van der Waals surface area contributed by atoms with Crippen LogP contribution in [0.4, 0.5) is 17.1 Å². The SMILES string of the molecule is CC1(C)c2ccccc2-c2cc(-c3ccc(N(c4ccc(-c5ccccc5)cc4)c4cccc5c4oc4ccccc45)cc3)ccc21. The second-order valence-corrected chi connectivity index (χ2v) is 13.0. The second-order valence-electron chi connectivity index (χ2n) is 13.0. The second kappa shape index (κ2) is 10.6. The maximum absolute atomic E-state index is 6.54. The third-order valence-corrected chi connectivity index (χ3v) is 9.90. The van der Waals surface area contributed by atoms with E-state index in [2.05, 4.69) is 170 Å². The van der Waals surface area contributed by atoms with Crippen molar-refractivity contribution in [2.75, 3.05) is 4.90 Å². The zero-order chi connectivity index (χ0) is 31.5. The molecule has 0 bridgehead atoms. The first-order valence-corrected chi connectivity index (χ1v) is 16.3. The van der Waals surface area contributed by atoms with Crippen LogP contribution in [0.1, 0.15) is 25.0 Å². The highest BCUT2D eigenvalue weighted by atomic mass is 16.3. The molecule has 0 amide bonds. The number of furan rings is 1. The average molecular weight is 604 g/mol. The van der Waals surface area contributed by atoms with Gasteiger partial charge >= 0.3 is 0 Å². The third kappa shape index (κ3) is 4.40. The predicted octanol–water partition coefficient (Wildman–Crippen LogP) is 12.7. The molecular weight excluding hydrogens is 571 g/mol. The van der Waals surface area contributed by atoms with E-state index in [4.69, 9.17) is 4.42 Å². The fourth-order valence-electron chi connectivity index (χ4n) is 7.47. The predicted molar refractivity (Wildman–Crippen MR) is 197 cm³/mol. The molecule has 0 aliphatic heterocycles. The van der Waals surface area contributed by atoms with Crippen LogP contribution in [0.25, 0.3) is 55.3 Å². The van der Waals surface area contributed by atoms with E-state index >= 15 is 0 Å². The van der Waals surface area contributed by atoms with Crippen molar-refractivity contribution in [3.63, 3.8) is 0 Å². The molecule has 224 valence electrons. The Labute approximate surface area is 275 Å². The Hall–Kier alpha value is -5.86. The van der Waals surface area contributed by atoms with E-state index in [1.165, 1.54) is 44.5 Å². The molecule has 0 atom stereocenters. The Morgan fingerprint density at radius 1 is 0.447 bits per heavy atom. The third-order valence-electron chi connectivity index (χ3n) is 9.90. The lowest BCUT2D eigenvalue weighted by Crippen LogP contribution is -2.14. The molecule has 2 nitrogen and oxygen atoms in total. The monoisotopic (exact) mass is 603 g/mol. The maximum atomic E-state index is 6.54. The van der Waals surface area contributed by atoms with E-state index in [0.29, 0.717) is 0 Å². The van der Waals surface area contributed by atoms with Gasteiger partial charge in [-0.15, -0.1) is 0 Å². The largest absolute Gasteiger partial charge is 0.454 e. The average Bonchev–Trinajstić information content (AvgIpc) is 3.62. The molecular formula is C45H33NO. The molecule has 1 aliphatic carbocycles. The van der Waals surface area contributed by atoms with Crippen LogP contribution in [0.5, 0.6) is 0 Å². The quantitative estimate of drug-likeness (QED) is 0.195. The summed E-state index contributed by atoms with van der Waals surface area (Å²) in [4.78, 5) is 2.31. The number of fused-ring (bicyclic) bond motifs is 6. The first-order chi connectivity index (χ1) is 23.1. The van der Waals surface area contributed by atoms with Crippen molar-refractivity contribution < 1.29 is 4.42 Å². The van der Waals surface area contributed by atoms with Gasteiger partial charge in [-0.3, -0.25) is 0 Å². The molecule has 0 spiro atoms. The fraction of sp³-hybridized carbons (Fsp3) is 0.0667. The normalized spacial score (nSPS) is 13.1. The molecule has 9 rings (SSSR count). The molecule has 2 heteroatoms. The smallest absolute Gasteiger partial charge is 0.159 e. The molecule has 47 heavy (non-hydrogen) atoms. The van der Waals surface area contributed by atoms with Gasteiger partial charge in [0.25, 0.3) is 0 Å². The molecule has 1 heterocycles. The lowest BCUT2D eigenvalue weighted by atomic mass is 9.82. The maximum Gasteiger partial charge on any atom is 0.159 e. The van der Waals surface area contributed by atoms with Crippen LogP contribution in [0.15, 0.2) is 168 Å². The van der Waals surface area contributed by atoms with E-state index in [1.807, 2.05) is 12.1 Å². The highest BCUT2D eigenvalue weighted by molar-refractivity contribution is 6.10. The van der Waals surface area contributed by atoms with E-state index in [9.17, 15) is 0 Å². The van der Waals surface area contributed by atoms with Gasteiger partial charge in [0.05, 0.1) is 5.69 Å². The topological polar surface area (TPSA) is 16.4 Å². The molecule has 0 fully saturated rings. The summed E-state index contributed by atoms with van der Waals surface area (Å²) >= 11 is 0. The van der Waals surface area contributed by atoms with E-state index in [0.717, 1.165) is 39.0 Å². The van der Waals surface area contributed by atoms with Crippen molar-refractivity contribution in [2.24, 2.45) is 0 Å². The van der Waals surface area contributed by atoms with Crippen molar-refractivity contribution in [2.45, 2.75) is 19.3 Å². The lowest BCUT2D eigenvalue weighted by Gasteiger charge is -2.26. The van der Waals surface area contributed by atoms with Gasteiger partial charge in [0.1, 0.15) is 5.58 Å². The molecule has 0 saturated carbocycles. The Morgan fingerprint density at radius 3 is 1.79 bits per heavy atom. The van der Waals surface area contributed by atoms with E-state index < -0.39 is 0 Å². The lowest BCUT2D eigenvalue weighted by molar-refractivity contribution is 0.660. The van der Waals surface area contributed by atoms with E-state index in [-0.39, 0.29) is 5.41 Å². The number of benzene rings is 7. The van der Waals surface area contributed by atoms with Crippen molar-refractivity contribution in [1.82, 2.24) is 0 Å². The Bertz CT molecular complexity index is 2410. The number of anilines is 3. The summed E-state index contributed by atoms with van der Waals surface area (Å²) in [5.74, 6) is 0. The number of rotatable bonds is 5. The van der Waals surface area contributed by atoms with Gasteiger partial charge in [0.15, 0.2) is 5.58 Å². The van der Waals surface area contributed by atoms with Crippen molar-refractivity contribution in [1.29, 1.82) is 0 Å². The summed E-state index contributed by atoms with van der Waals surface area (Å²) in [5.41, 5.74) is 15.2. The van der Waals surface area contributed by atoms with Gasteiger partial charge in [0, 0.05) is 27.6 Å². The summed E-state index contributed by atoms with van der Waals surface area (Å²) in [5, 5.41) is 2.24. The van der Waals surface area contributed by atoms with Gasteiger partial charge in [-0.2, -0.15) is 0 Å². The summed E-state index contributed by atoms with van der Waals surface area (Å²) in [7, 11) is 0. The number of nitrogens with zero attached hydrogens (tertiary/aromatic N) is 1. The van der Waals surface area contributed by atoms with Crippen LogP contribution >= 0.6 is 0 Å². The van der Waals surface area contributed by atoms with Gasteiger partial charge in [-0.05, 0) is 87.0 Å². The molecule has 7 aromatic carbocycles. The van der Waals surface area contributed by atoms with Gasteiger partial charge in [-0.25, -0.2) is 0 Å². The van der Waals surface area contributed by atoms with E-state index in [1.54, 1.807) is 0 Å². The molecule has 0 saturated heterocycles. The number of hydrogen-bond donors (Lipinski definition) is 0. The number of hydrogen-bond acceptors (Lipinski definition) is 2. The zero-order valence-electron chi connectivity index (χ0n) is 26.4. The van der Waals surface area contributed by atoms with Crippen molar-refractivity contribution in [3.8, 4) is 33.4 Å². The minimum absolute atomic E-state index is 0.00253. The number of para-hydroxylation sites is 2. The Balaban J connectivity index is 1.16. The van der Waals surface area contributed by atoms with Gasteiger partial charge in [0.2, 0.25) is 0 Å². The molecule has 0 radical (unpaired) electrons. The van der Waals surface area contributed by atoms with Crippen molar-refractivity contribution in [3.05, 3.63) is 175 Å². The minimum Gasteiger partial charge on any atom is -0.454 e. The van der Waals surface area contributed by atoms with Crippen LogP contribution in [-0.4, -0.2) is 0 Å². The summed E-state index contributed by atoms with van der Waals surface area (Å²) in [6, 6.07) is 58.8. The Morgan fingerprint density at radius 2 is 1.02 bits per heavy atom. The summed E-state index contributed by atoms with van der Waals surface area (Å²) < 4.78 is 6.54. The van der Waals surface area contributed by atoms with Gasteiger partial charge < -0.3 is 9.32 Å². The minimum atomic E-state index is 0.00253. The highest BCUT2D eigenvalue weighted by Gasteiger charge is 2.35. The van der Waals surface area contributed by atoms with Crippen LogP contribution in [-0.2, 0) is 5.41 Å². The highest BCUT2D eigenvalue weighted by Crippen LogP contribution is 2.50. The standard InChI is InChI=1S/C45H33NO/c1-45(2)40-16-8-6-13-36(40)39-29-33(23-28-41(39)45)32-21-26-35(27-22-32)46(34-24-19-31(20-25-34)30-11-4-3-5-12-30)42-17-10-15-38-37-14-7-9-18-43(37)47-44(38)42/h3-29H,1-2H3. The van der Waals surface area contributed by atoms with Crippen molar-refractivity contribution >= 4 is 39.0 Å².